The SMILES string of the molecule is Oc1cccc(Oc2cccc(I)c2)c1. The molecule has 76 valence electrons. The number of benzene rings is 2. The predicted molar refractivity (Wildman–Crippen MR) is 67.3 cm³/mol. The van der Waals surface area contributed by atoms with Crippen LogP contribution in [-0.2, 0) is 0 Å². The van der Waals surface area contributed by atoms with E-state index >= 15 is 0 Å². The van der Waals surface area contributed by atoms with E-state index in [9.17, 15) is 5.11 Å². The Bertz CT molecular complexity index is 425. The van der Waals surface area contributed by atoms with Crippen molar-refractivity contribution < 1.29 is 9.84 Å². The summed E-state index contributed by atoms with van der Waals surface area (Å²) in [5.74, 6) is 1.61. The maximum Gasteiger partial charge on any atom is 0.131 e. The zero-order chi connectivity index (χ0) is 10.7. The van der Waals surface area contributed by atoms with Gasteiger partial charge in [0.05, 0.1) is 0 Å². The fourth-order valence-electron chi connectivity index (χ4n) is 1.21. The molecule has 0 radical (unpaired) electrons. The third kappa shape index (κ3) is 2.86. The molecule has 2 aromatic rings. The molecule has 2 aromatic carbocycles. The monoisotopic (exact) mass is 312 g/mol. The number of halogens is 1. The van der Waals surface area contributed by atoms with Crippen molar-refractivity contribution in [3.05, 3.63) is 52.1 Å². The van der Waals surface area contributed by atoms with Gasteiger partial charge in [0, 0.05) is 9.64 Å². The number of rotatable bonds is 2. The molecule has 0 aromatic heterocycles. The van der Waals surface area contributed by atoms with Crippen molar-refractivity contribution in [2.45, 2.75) is 0 Å². The van der Waals surface area contributed by atoms with Gasteiger partial charge in [-0.3, -0.25) is 0 Å². The van der Waals surface area contributed by atoms with Crippen LogP contribution in [0.2, 0.25) is 0 Å². The number of aromatic hydroxyl groups is 1. The number of hydrogen-bond donors (Lipinski definition) is 1. The van der Waals surface area contributed by atoms with E-state index in [1.807, 2.05) is 24.3 Å². The largest absolute Gasteiger partial charge is 0.508 e. The predicted octanol–water partition coefficient (Wildman–Crippen LogP) is 3.79. The summed E-state index contributed by atoms with van der Waals surface area (Å²) in [6, 6.07) is 14.5. The Morgan fingerprint density at radius 3 is 2.27 bits per heavy atom. The van der Waals surface area contributed by atoms with E-state index in [2.05, 4.69) is 22.6 Å². The molecule has 15 heavy (non-hydrogen) atoms. The highest BCUT2D eigenvalue weighted by Gasteiger charge is 1.98. The number of hydrogen-bond acceptors (Lipinski definition) is 2. The average molecular weight is 312 g/mol. The van der Waals surface area contributed by atoms with Crippen LogP contribution in [-0.4, -0.2) is 5.11 Å². The summed E-state index contributed by atoms with van der Waals surface area (Å²) in [6.45, 7) is 0. The molecular formula is C12H9IO2. The van der Waals surface area contributed by atoms with Crippen molar-refractivity contribution in [2.75, 3.05) is 0 Å². The maximum atomic E-state index is 9.26. The molecular weight excluding hydrogens is 303 g/mol. The van der Waals surface area contributed by atoms with E-state index in [1.165, 1.54) is 0 Å². The summed E-state index contributed by atoms with van der Waals surface area (Å²) >= 11 is 2.23. The van der Waals surface area contributed by atoms with Crippen LogP contribution >= 0.6 is 22.6 Å². The van der Waals surface area contributed by atoms with Crippen molar-refractivity contribution in [1.29, 1.82) is 0 Å². The summed E-state index contributed by atoms with van der Waals surface area (Å²) in [5, 5.41) is 9.26. The molecule has 0 bridgehead atoms. The first-order valence-corrected chi connectivity index (χ1v) is 5.54. The summed E-state index contributed by atoms with van der Waals surface area (Å²) in [5.41, 5.74) is 0. The standard InChI is InChI=1S/C12H9IO2/c13-9-3-1-5-11(7-9)15-12-6-2-4-10(14)8-12/h1-8,14H. The van der Waals surface area contributed by atoms with Crippen LogP contribution in [0.25, 0.3) is 0 Å². The van der Waals surface area contributed by atoms with E-state index in [4.69, 9.17) is 4.74 Å². The van der Waals surface area contributed by atoms with Gasteiger partial charge in [0.15, 0.2) is 0 Å². The molecule has 0 atom stereocenters. The van der Waals surface area contributed by atoms with E-state index in [0.717, 1.165) is 9.32 Å². The van der Waals surface area contributed by atoms with Crippen molar-refractivity contribution in [3.8, 4) is 17.2 Å². The van der Waals surface area contributed by atoms with Gasteiger partial charge >= 0.3 is 0 Å². The molecule has 0 amide bonds. The van der Waals surface area contributed by atoms with Crippen molar-refractivity contribution in [3.63, 3.8) is 0 Å². The first-order valence-electron chi connectivity index (χ1n) is 4.46. The molecule has 0 heterocycles. The molecule has 0 aliphatic heterocycles. The summed E-state index contributed by atoms with van der Waals surface area (Å²) in [7, 11) is 0. The Morgan fingerprint density at radius 1 is 0.933 bits per heavy atom. The van der Waals surface area contributed by atoms with E-state index in [-0.39, 0.29) is 5.75 Å². The minimum absolute atomic E-state index is 0.207. The maximum absolute atomic E-state index is 9.26. The van der Waals surface area contributed by atoms with Crippen LogP contribution in [0.4, 0.5) is 0 Å². The van der Waals surface area contributed by atoms with Gasteiger partial charge in [-0.1, -0.05) is 12.1 Å². The average Bonchev–Trinajstić information content (AvgIpc) is 2.17. The van der Waals surface area contributed by atoms with Gasteiger partial charge < -0.3 is 9.84 Å². The van der Waals surface area contributed by atoms with Crippen molar-refractivity contribution >= 4 is 22.6 Å². The second-order valence-electron chi connectivity index (χ2n) is 3.06. The first kappa shape index (κ1) is 10.3. The third-order valence-electron chi connectivity index (χ3n) is 1.85. The van der Waals surface area contributed by atoms with Crippen LogP contribution in [0, 0.1) is 3.57 Å². The lowest BCUT2D eigenvalue weighted by molar-refractivity contribution is 0.455. The van der Waals surface area contributed by atoms with Crippen LogP contribution < -0.4 is 4.74 Å². The van der Waals surface area contributed by atoms with Gasteiger partial charge in [-0.25, -0.2) is 0 Å². The lowest BCUT2D eigenvalue weighted by Gasteiger charge is -2.05. The van der Waals surface area contributed by atoms with Gasteiger partial charge in [0.25, 0.3) is 0 Å². The van der Waals surface area contributed by atoms with Gasteiger partial charge in [-0.2, -0.15) is 0 Å². The van der Waals surface area contributed by atoms with Crippen LogP contribution in [0.5, 0.6) is 17.2 Å². The van der Waals surface area contributed by atoms with E-state index < -0.39 is 0 Å². The molecule has 0 saturated heterocycles. The van der Waals surface area contributed by atoms with Gasteiger partial charge in [0.1, 0.15) is 17.2 Å². The Labute approximate surface area is 102 Å². The fraction of sp³-hybridized carbons (Fsp3) is 0. The highest BCUT2D eigenvalue weighted by molar-refractivity contribution is 14.1. The Hall–Kier alpha value is -1.23. The minimum atomic E-state index is 0.207. The molecule has 2 rings (SSSR count). The molecule has 0 spiro atoms. The summed E-state index contributed by atoms with van der Waals surface area (Å²) in [4.78, 5) is 0. The van der Waals surface area contributed by atoms with E-state index in [0.29, 0.717) is 5.75 Å². The van der Waals surface area contributed by atoms with Gasteiger partial charge in [0.2, 0.25) is 0 Å². The zero-order valence-corrected chi connectivity index (χ0v) is 10.0. The Morgan fingerprint density at radius 2 is 1.60 bits per heavy atom. The minimum Gasteiger partial charge on any atom is -0.508 e. The molecule has 0 unspecified atom stereocenters. The fourth-order valence-corrected chi connectivity index (χ4v) is 1.73. The Balaban J connectivity index is 2.22. The molecule has 0 aliphatic carbocycles. The summed E-state index contributed by atoms with van der Waals surface area (Å²) in [6.07, 6.45) is 0. The number of phenols is 1. The molecule has 0 saturated carbocycles. The molecule has 0 fully saturated rings. The van der Waals surface area contributed by atoms with Gasteiger partial charge in [-0.15, -0.1) is 0 Å². The third-order valence-corrected chi connectivity index (χ3v) is 2.52. The van der Waals surface area contributed by atoms with Crippen LogP contribution in [0.1, 0.15) is 0 Å². The lowest BCUT2D eigenvalue weighted by atomic mass is 10.3. The quantitative estimate of drug-likeness (QED) is 0.855. The van der Waals surface area contributed by atoms with Crippen LogP contribution in [0.15, 0.2) is 48.5 Å². The lowest BCUT2D eigenvalue weighted by Crippen LogP contribution is -1.83. The number of phenolic OH excluding ortho intramolecular Hbond substituents is 1. The Kier molecular flexibility index (Phi) is 3.11. The molecule has 0 aliphatic rings. The highest BCUT2D eigenvalue weighted by Crippen LogP contribution is 2.25. The second-order valence-corrected chi connectivity index (χ2v) is 4.30. The topological polar surface area (TPSA) is 29.5 Å². The van der Waals surface area contributed by atoms with Crippen molar-refractivity contribution in [1.82, 2.24) is 0 Å². The zero-order valence-electron chi connectivity index (χ0n) is 7.85. The first-order chi connectivity index (χ1) is 7.24. The van der Waals surface area contributed by atoms with Crippen LogP contribution in [0.3, 0.4) is 0 Å². The molecule has 3 heteroatoms. The summed E-state index contributed by atoms with van der Waals surface area (Å²) < 4.78 is 6.69. The van der Waals surface area contributed by atoms with Crippen molar-refractivity contribution in [2.24, 2.45) is 0 Å². The molecule has 1 N–H and O–H groups in total. The normalized spacial score (nSPS) is 9.93. The smallest absolute Gasteiger partial charge is 0.131 e. The highest BCUT2D eigenvalue weighted by atomic mass is 127. The van der Waals surface area contributed by atoms with Gasteiger partial charge in [-0.05, 0) is 52.9 Å². The number of ether oxygens (including phenoxy) is 1. The second kappa shape index (κ2) is 4.53. The van der Waals surface area contributed by atoms with E-state index in [1.54, 1.807) is 24.3 Å². The molecule has 2 nitrogen and oxygen atoms in total.